The average Bonchev–Trinajstić information content (AvgIpc) is 2.96. The third-order valence-electron chi connectivity index (χ3n) is 6.86. The van der Waals surface area contributed by atoms with E-state index < -0.39 is 0 Å². The van der Waals surface area contributed by atoms with Crippen LogP contribution in [-0.4, -0.2) is 59.1 Å². The van der Waals surface area contributed by atoms with Gasteiger partial charge < -0.3 is 15.0 Å². The van der Waals surface area contributed by atoms with Crippen molar-refractivity contribution in [2.45, 2.75) is 56.1 Å². The normalized spacial score (nSPS) is 24.5. The molecule has 0 unspecified atom stereocenters. The lowest BCUT2D eigenvalue weighted by Crippen LogP contribution is -2.46. The Bertz CT molecular complexity index is 988. The molecule has 1 saturated carbocycles. The van der Waals surface area contributed by atoms with Gasteiger partial charge in [0.15, 0.2) is 0 Å². The van der Waals surface area contributed by atoms with Crippen LogP contribution < -0.4 is 10.6 Å². The first-order valence-electron chi connectivity index (χ1n) is 11.2. The lowest BCUT2D eigenvalue weighted by molar-refractivity contribution is 0.0691. The van der Waals surface area contributed by atoms with Crippen LogP contribution in [0.5, 0.6) is 0 Å². The molecule has 1 amide bonds. The molecule has 0 saturated heterocycles. The summed E-state index contributed by atoms with van der Waals surface area (Å²) in [4.78, 5) is 23.1. The van der Waals surface area contributed by atoms with Crippen molar-refractivity contribution in [3.63, 3.8) is 0 Å². The number of ether oxygens (including phenoxy) is 1. The smallest absolute Gasteiger partial charge is 0.254 e. The first kappa shape index (κ1) is 23.0. The molecule has 2 N–H and O–H groups in total. The Labute approximate surface area is 194 Å². The first-order valence-corrected chi connectivity index (χ1v) is 11.6. The Morgan fingerprint density at radius 2 is 2.00 bits per heavy atom. The van der Waals surface area contributed by atoms with Gasteiger partial charge >= 0.3 is 0 Å². The number of nitrogens with zero attached hydrogens (tertiary/aromatic N) is 3. The summed E-state index contributed by atoms with van der Waals surface area (Å²) in [5.41, 5.74) is 3.27. The van der Waals surface area contributed by atoms with E-state index >= 15 is 0 Å². The maximum atomic E-state index is 12.5. The molecule has 0 radical (unpaired) electrons. The Morgan fingerprint density at radius 1 is 1.25 bits per heavy atom. The molecule has 1 aromatic heterocycles. The highest BCUT2D eigenvalue weighted by atomic mass is 35.5. The summed E-state index contributed by atoms with van der Waals surface area (Å²) in [5.74, 6) is 0.681. The third-order valence-corrected chi connectivity index (χ3v) is 7.37. The molecule has 1 aliphatic carbocycles. The van der Waals surface area contributed by atoms with Gasteiger partial charge in [-0.15, -0.1) is 11.6 Å². The van der Waals surface area contributed by atoms with Gasteiger partial charge in [0.1, 0.15) is 0 Å². The standard InChI is InChI=1S/C24H32ClN5O2/c1-23(2)19-15-16(5-6-18(19)21(31)30(23)3)20-9-12-26-22(29-20)28-17-7-10-24(25,11-8-17)27-13-14-32-4/h5-6,9,12,15,17,27H,7-8,10-11,13-14H2,1-4H3,(H,26,28,29). The molecule has 0 spiro atoms. The van der Waals surface area contributed by atoms with E-state index in [0.29, 0.717) is 12.6 Å². The number of rotatable bonds is 7. The van der Waals surface area contributed by atoms with Crippen LogP contribution in [0, 0.1) is 0 Å². The number of hydrogen-bond donors (Lipinski definition) is 2. The summed E-state index contributed by atoms with van der Waals surface area (Å²) in [6, 6.07) is 8.14. The second kappa shape index (κ2) is 8.96. The summed E-state index contributed by atoms with van der Waals surface area (Å²) in [6.45, 7) is 5.54. The molecule has 4 rings (SSSR count). The van der Waals surface area contributed by atoms with E-state index in [1.165, 1.54) is 0 Å². The maximum absolute atomic E-state index is 12.5. The van der Waals surface area contributed by atoms with Crippen LogP contribution >= 0.6 is 11.6 Å². The highest BCUT2D eigenvalue weighted by Crippen LogP contribution is 2.39. The topological polar surface area (TPSA) is 79.4 Å². The second-order valence-corrected chi connectivity index (χ2v) is 9.98. The highest BCUT2D eigenvalue weighted by molar-refractivity contribution is 6.23. The van der Waals surface area contributed by atoms with E-state index in [-0.39, 0.29) is 22.5 Å². The van der Waals surface area contributed by atoms with Crippen molar-refractivity contribution >= 4 is 23.5 Å². The van der Waals surface area contributed by atoms with Crippen LogP contribution in [0.3, 0.4) is 0 Å². The fourth-order valence-corrected chi connectivity index (χ4v) is 4.87. The van der Waals surface area contributed by atoms with Gasteiger partial charge in [0.2, 0.25) is 5.95 Å². The lowest BCUT2D eigenvalue weighted by Gasteiger charge is -2.36. The Balaban J connectivity index is 1.45. The summed E-state index contributed by atoms with van der Waals surface area (Å²) in [7, 11) is 3.54. The summed E-state index contributed by atoms with van der Waals surface area (Å²) >= 11 is 6.72. The van der Waals surface area contributed by atoms with E-state index in [1.54, 1.807) is 18.2 Å². The Morgan fingerprint density at radius 3 is 2.72 bits per heavy atom. The highest BCUT2D eigenvalue weighted by Gasteiger charge is 2.40. The minimum atomic E-state index is -0.360. The number of carbonyl (C=O) groups excluding carboxylic acids is 1. The number of methoxy groups -OCH3 is 1. The average molecular weight is 458 g/mol. The number of halogens is 1. The number of benzene rings is 1. The zero-order chi connectivity index (χ0) is 22.9. The largest absolute Gasteiger partial charge is 0.383 e. The molecular formula is C24H32ClN5O2. The zero-order valence-corrected chi connectivity index (χ0v) is 20.0. The molecule has 172 valence electrons. The number of amides is 1. The molecule has 8 heteroatoms. The predicted octanol–water partition coefficient (Wildman–Crippen LogP) is 3.99. The molecule has 7 nitrogen and oxygen atoms in total. The molecule has 2 aliphatic rings. The third kappa shape index (κ3) is 4.47. The number of fused-ring (bicyclic) bond motifs is 1. The van der Waals surface area contributed by atoms with E-state index in [1.807, 2.05) is 25.2 Å². The Kier molecular flexibility index (Phi) is 6.43. The van der Waals surface area contributed by atoms with Gasteiger partial charge in [-0.05, 0) is 63.3 Å². The minimum Gasteiger partial charge on any atom is -0.383 e. The molecule has 1 fully saturated rings. The van der Waals surface area contributed by atoms with E-state index in [0.717, 1.165) is 54.6 Å². The quantitative estimate of drug-likeness (QED) is 0.372. The summed E-state index contributed by atoms with van der Waals surface area (Å²) < 4.78 is 5.10. The van der Waals surface area contributed by atoms with Crippen LogP contribution in [0.2, 0.25) is 0 Å². The molecule has 2 aromatic rings. The van der Waals surface area contributed by atoms with Crippen molar-refractivity contribution in [1.82, 2.24) is 20.2 Å². The van der Waals surface area contributed by atoms with Gasteiger partial charge in [-0.3, -0.25) is 10.1 Å². The SMILES string of the molecule is COCCNC1(Cl)CCC(Nc2nccc(-c3ccc4c(c3)C(C)(C)N(C)C4=O)n2)CC1. The fraction of sp³-hybridized carbons (Fsp3) is 0.542. The van der Waals surface area contributed by atoms with Crippen LogP contribution in [0.15, 0.2) is 30.5 Å². The number of carbonyl (C=O) groups is 1. The first-order chi connectivity index (χ1) is 15.2. The van der Waals surface area contributed by atoms with Crippen molar-refractivity contribution < 1.29 is 9.53 Å². The molecule has 1 aromatic carbocycles. The van der Waals surface area contributed by atoms with Crippen LogP contribution in [0.25, 0.3) is 11.3 Å². The minimum absolute atomic E-state index is 0.0611. The van der Waals surface area contributed by atoms with Gasteiger partial charge in [-0.1, -0.05) is 6.07 Å². The lowest BCUT2D eigenvalue weighted by atomic mass is 9.90. The monoisotopic (exact) mass is 457 g/mol. The number of aromatic nitrogens is 2. The molecule has 0 atom stereocenters. The number of hydrogen-bond acceptors (Lipinski definition) is 6. The fourth-order valence-electron chi connectivity index (χ4n) is 4.56. The van der Waals surface area contributed by atoms with Crippen molar-refractivity contribution in [2.24, 2.45) is 0 Å². The summed E-state index contributed by atoms with van der Waals surface area (Å²) in [5, 5.41) is 6.88. The van der Waals surface area contributed by atoms with E-state index in [4.69, 9.17) is 21.3 Å². The number of anilines is 1. The van der Waals surface area contributed by atoms with E-state index in [9.17, 15) is 4.79 Å². The van der Waals surface area contributed by atoms with Crippen LogP contribution in [-0.2, 0) is 10.3 Å². The van der Waals surface area contributed by atoms with Crippen LogP contribution in [0.4, 0.5) is 5.95 Å². The van der Waals surface area contributed by atoms with Gasteiger partial charge in [-0.2, -0.15) is 0 Å². The number of alkyl halides is 1. The predicted molar refractivity (Wildman–Crippen MR) is 127 cm³/mol. The van der Waals surface area contributed by atoms with E-state index in [2.05, 4.69) is 35.5 Å². The molecule has 1 aliphatic heterocycles. The summed E-state index contributed by atoms with van der Waals surface area (Å²) in [6.07, 6.45) is 5.41. The second-order valence-electron chi connectivity index (χ2n) is 9.25. The van der Waals surface area contributed by atoms with Crippen molar-refractivity contribution in [3.05, 3.63) is 41.6 Å². The molecule has 2 heterocycles. The van der Waals surface area contributed by atoms with Gasteiger partial charge in [0.05, 0.1) is 22.8 Å². The molecular weight excluding hydrogens is 426 g/mol. The van der Waals surface area contributed by atoms with Crippen molar-refractivity contribution in [3.8, 4) is 11.3 Å². The van der Waals surface area contributed by atoms with Gasteiger partial charge in [-0.25, -0.2) is 9.97 Å². The molecule has 32 heavy (non-hydrogen) atoms. The van der Waals surface area contributed by atoms with Crippen LogP contribution in [0.1, 0.15) is 55.5 Å². The van der Waals surface area contributed by atoms with Gasteiger partial charge in [0, 0.05) is 44.1 Å². The zero-order valence-electron chi connectivity index (χ0n) is 19.2. The maximum Gasteiger partial charge on any atom is 0.254 e. The van der Waals surface area contributed by atoms with Crippen molar-refractivity contribution in [1.29, 1.82) is 0 Å². The number of nitrogens with one attached hydrogen (secondary N) is 2. The Hall–Kier alpha value is -2.22. The molecule has 0 bridgehead atoms. The van der Waals surface area contributed by atoms with Crippen molar-refractivity contribution in [2.75, 3.05) is 32.6 Å². The van der Waals surface area contributed by atoms with Gasteiger partial charge in [0.25, 0.3) is 5.91 Å².